The monoisotopic (exact) mass is 434 g/mol. The molecule has 0 aliphatic carbocycles. The number of piperidine rings is 2. The molecular formula is C23H38N4O2S. The Morgan fingerprint density at radius 2 is 1.90 bits per heavy atom. The SMILES string of the molecule is CC(=O)N1CCC(CC(=O)N(Cc2ccsc2)C2CCN(C(C)CCN)CC2)CC1. The van der Waals surface area contributed by atoms with Crippen LogP contribution in [0.2, 0.25) is 0 Å². The maximum Gasteiger partial charge on any atom is 0.223 e. The van der Waals surface area contributed by atoms with E-state index >= 15 is 0 Å². The van der Waals surface area contributed by atoms with Crippen LogP contribution in [0.25, 0.3) is 0 Å². The highest BCUT2D eigenvalue weighted by Gasteiger charge is 2.31. The molecule has 30 heavy (non-hydrogen) atoms. The first-order chi connectivity index (χ1) is 14.5. The summed E-state index contributed by atoms with van der Waals surface area (Å²) in [7, 11) is 0. The number of carbonyl (C=O) groups is 2. The summed E-state index contributed by atoms with van der Waals surface area (Å²) in [6.07, 6.45) is 5.58. The fraction of sp³-hybridized carbons (Fsp3) is 0.739. The minimum atomic E-state index is 0.148. The fourth-order valence-electron chi connectivity index (χ4n) is 4.88. The van der Waals surface area contributed by atoms with Crippen molar-refractivity contribution in [3.63, 3.8) is 0 Å². The van der Waals surface area contributed by atoms with Gasteiger partial charge in [-0.2, -0.15) is 11.3 Å². The van der Waals surface area contributed by atoms with Crippen LogP contribution in [0.1, 0.15) is 57.9 Å². The summed E-state index contributed by atoms with van der Waals surface area (Å²) in [6.45, 7) is 8.99. The van der Waals surface area contributed by atoms with Gasteiger partial charge in [0, 0.05) is 58.2 Å². The van der Waals surface area contributed by atoms with E-state index in [1.807, 2.05) is 4.90 Å². The van der Waals surface area contributed by atoms with Crippen molar-refractivity contribution in [2.24, 2.45) is 11.7 Å². The van der Waals surface area contributed by atoms with Crippen LogP contribution in [0.4, 0.5) is 0 Å². The lowest BCUT2D eigenvalue weighted by Crippen LogP contribution is -2.49. The molecule has 3 heterocycles. The van der Waals surface area contributed by atoms with E-state index in [2.05, 4.69) is 33.6 Å². The smallest absolute Gasteiger partial charge is 0.223 e. The van der Waals surface area contributed by atoms with Crippen LogP contribution >= 0.6 is 11.3 Å². The van der Waals surface area contributed by atoms with Crippen LogP contribution in [0.3, 0.4) is 0 Å². The predicted molar refractivity (Wildman–Crippen MR) is 122 cm³/mol. The summed E-state index contributed by atoms with van der Waals surface area (Å²) in [6, 6.07) is 2.97. The van der Waals surface area contributed by atoms with Crippen LogP contribution < -0.4 is 5.73 Å². The third-order valence-corrected chi connectivity index (χ3v) is 7.66. The highest BCUT2D eigenvalue weighted by molar-refractivity contribution is 7.07. The molecule has 1 atom stereocenters. The molecule has 0 bridgehead atoms. The van der Waals surface area contributed by atoms with Crippen molar-refractivity contribution in [1.82, 2.24) is 14.7 Å². The Morgan fingerprint density at radius 3 is 2.47 bits per heavy atom. The van der Waals surface area contributed by atoms with Crippen molar-refractivity contribution >= 4 is 23.2 Å². The molecule has 2 saturated heterocycles. The van der Waals surface area contributed by atoms with E-state index in [1.165, 1.54) is 5.56 Å². The Labute approximate surface area is 185 Å². The third-order valence-electron chi connectivity index (χ3n) is 6.92. The number of hydrogen-bond acceptors (Lipinski definition) is 5. The summed E-state index contributed by atoms with van der Waals surface area (Å²) in [5, 5.41) is 4.25. The molecule has 168 valence electrons. The number of rotatable bonds is 8. The van der Waals surface area contributed by atoms with Crippen LogP contribution in [-0.2, 0) is 16.1 Å². The first-order valence-corrected chi connectivity index (χ1v) is 12.4. The predicted octanol–water partition coefficient (Wildman–Crippen LogP) is 2.93. The second-order valence-corrected chi connectivity index (χ2v) is 9.78. The van der Waals surface area contributed by atoms with E-state index in [0.717, 1.165) is 71.4 Å². The summed E-state index contributed by atoms with van der Waals surface area (Å²) in [4.78, 5) is 31.5. The van der Waals surface area contributed by atoms with Crippen molar-refractivity contribution in [1.29, 1.82) is 0 Å². The molecule has 1 unspecified atom stereocenters. The Morgan fingerprint density at radius 1 is 1.20 bits per heavy atom. The lowest BCUT2D eigenvalue weighted by Gasteiger charge is -2.41. The molecule has 0 radical (unpaired) electrons. The van der Waals surface area contributed by atoms with Gasteiger partial charge in [0.2, 0.25) is 11.8 Å². The zero-order chi connectivity index (χ0) is 21.5. The van der Waals surface area contributed by atoms with E-state index in [4.69, 9.17) is 5.73 Å². The molecule has 0 aromatic carbocycles. The average Bonchev–Trinajstić information content (AvgIpc) is 3.26. The lowest BCUT2D eigenvalue weighted by atomic mass is 9.92. The van der Waals surface area contributed by atoms with E-state index in [-0.39, 0.29) is 11.8 Å². The zero-order valence-corrected chi connectivity index (χ0v) is 19.4. The van der Waals surface area contributed by atoms with Crippen molar-refractivity contribution in [2.75, 3.05) is 32.7 Å². The Kier molecular flexibility index (Phi) is 8.72. The second kappa shape index (κ2) is 11.3. The largest absolute Gasteiger partial charge is 0.343 e. The van der Waals surface area contributed by atoms with Gasteiger partial charge in [0.25, 0.3) is 0 Å². The van der Waals surface area contributed by atoms with Gasteiger partial charge in [-0.05, 0) is 73.9 Å². The number of likely N-dealkylation sites (tertiary alicyclic amines) is 2. The van der Waals surface area contributed by atoms with Gasteiger partial charge in [0.15, 0.2) is 0 Å². The fourth-order valence-corrected chi connectivity index (χ4v) is 5.54. The molecule has 2 aliphatic rings. The van der Waals surface area contributed by atoms with Gasteiger partial charge in [0.05, 0.1) is 0 Å². The number of hydrogen-bond donors (Lipinski definition) is 1. The standard InChI is InChI=1S/C23H38N4O2S/c1-18(3-9-24)25-12-6-22(7-13-25)27(16-21-8-14-30-17-21)23(29)15-20-4-10-26(11-5-20)19(2)28/h8,14,17-18,20,22H,3-7,9-13,15-16,24H2,1-2H3. The van der Waals surface area contributed by atoms with Crippen LogP contribution in [0, 0.1) is 5.92 Å². The minimum Gasteiger partial charge on any atom is -0.343 e. The molecule has 2 amide bonds. The average molecular weight is 435 g/mol. The van der Waals surface area contributed by atoms with Crippen LogP contribution in [0.15, 0.2) is 16.8 Å². The molecule has 7 heteroatoms. The number of thiophene rings is 1. The van der Waals surface area contributed by atoms with Gasteiger partial charge in [-0.25, -0.2) is 0 Å². The van der Waals surface area contributed by atoms with E-state index < -0.39 is 0 Å². The number of amides is 2. The van der Waals surface area contributed by atoms with Gasteiger partial charge < -0.3 is 20.4 Å². The molecular weight excluding hydrogens is 396 g/mol. The topological polar surface area (TPSA) is 69.9 Å². The Bertz CT molecular complexity index is 665. The van der Waals surface area contributed by atoms with Crippen LogP contribution in [0.5, 0.6) is 0 Å². The minimum absolute atomic E-state index is 0.148. The van der Waals surface area contributed by atoms with Gasteiger partial charge in [-0.15, -0.1) is 0 Å². The highest BCUT2D eigenvalue weighted by atomic mass is 32.1. The van der Waals surface area contributed by atoms with Gasteiger partial charge in [-0.1, -0.05) is 0 Å². The molecule has 6 nitrogen and oxygen atoms in total. The van der Waals surface area contributed by atoms with Crippen LogP contribution in [-0.4, -0.2) is 71.3 Å². The number of nitrogens with zero attached hydrogens (tertiary/aromatic N) is 3. The normalized spacial score (nSPS) is 20.3. The molecule has 2 aliphatic heterocycles. The summed E-state index contributed by atoms with van der Waals surface area (Å²) < 4.78 is 0. The highest BCUT2D eigenvalue weighted by Crippen LogP contribution is 2.26. The lowest BCUT2D eigenvalue weighted by molar-refractivity contribution is -0.137. The maximum absolute atomic E-state index is 13.4. The Balaban J connectivity index is 1.59. The Hall–Kier alpha value is -1.44. The zero-order valence-electron chi connectivity index (χ0n) is 18.6. The quantitative estimate of drug-likeness (QED) is 0.683. The maximum atomic E-state index is 13.4. The van der Waals surface area contributed by atoms with Crippen molar-refractivity contribution in [3.05, 3.63) is 22.4 Å². The van der Waals surface area contributed by atoms with E-state index in [1.54, 1.807) is 18.3 Å². The van der Waals surface area contributed by atoms with Gasteiger partial charge >= 0.3 is 0 Å². The molecule has 1 aromatic rings. The molecule has 0 spiro atoms. The summed E-state index contributed by atoms with van der Waals surface area (Å²) in [5.41, 5.74) is 6.98. The summed E-state index contributed by atoms with van der Waals surface area (Å²) in [5.74, 6) is 0.827. The third kappa shape index (κ3) is 6.28. The van der Waals surface area contributed by atoms with E-state index in [0.29, 0.717) is 24.4 Å². The van der Waals surface area contributed by atoms with Gasteiger partial charge in [-0.3, -0.25) is 9.59 Å². The van der Waals surface area contributed by atoms with Crippen molar-refractivity contribution in [3.8, 4) is 0 Å². The van der Waals surface area contributed by atoms with Gasteiger partial charge in [0.1, 0.15) is 0 Å². The molecule has 2 fully saturated rings. The number of carbonyl (C=O) groups excluding carboxylic acids is 2. The van der Waals surface area contributed by atoms with Crippen molar-refractivity contribution < 1.29 is 9.59 Å². The first-order valence-electron chi connectivity index (χ1n) is 11.5. The molecule has 0 saturated carbocycles. The molecule has 3 rings (SSSR count). The molecule has 2 N–H and O–H groups in total. The summed E-state index contributed by atoms with van der Waals surface area (Å²) >= 11 is 1.69. The first kappa shape index (κ1) is 23.2. The number of nitrogens with two attached hydrogens (primary N) is 1. The molecule has 1 aromatic heterocycles. The van der Waals surface area contributed by atoms with Crippen molar-refractivity contribution in [2.45, 2.75) is 71.0 Å². The second-order valence-electron chi connectivity index (χ2n) is 9.00. The van der Waals surface area contributed by atoms with E-state index in [9.17, 15) is 9.59 Å².